The normalized spacial score (nSPS) is 20.7. The number of rotatable bonds is 5. The molecule has 2 aliphatic rings. The monoisotopic (exact) mass is 356 g/mol. The minimum atomic E-state index is 0.0377. The first kappa shape index (κ1) is 17.5. The van der Waals surface area contributed by atoms with E-state index in [1.165, 1.54) is 12.8 Å². The van der Waals surface area contributed by atoms with Gasteiger partial charge in [-0.3, -0.25) is 9.69 Å². The van der Waals surface area contributed by atoms with Crippen LogP contribution in [0.15, 0.2) is 21.5 Å². The first-order valence-corrected chi connectivity index (χ1v) is 9.88. The molecule has 4 rings (SSSR count). The fraction of sp³-hybridized carbons (Fsp3) is 0.650. The maximum atomic E-state index is 12.5. The molecular formula is C20H28N4O2. The van der Waals surface area contributed by atoms with Gasteiger partial charge in [0.05, 0.1) is 25.0 Å². The van der Waals surface area contributed by atoms with E-state index in [0.717, 1.165) is 55.1 Å². The molecule has 2 aromatic rings. The lowest BCUT2D eigenvalue weighted by Gasteiger charge is -2.24. The summed E-state index contributed by atoms with van der Waals surface area (Å²) in [4.78, 5) is 19.3. The number of fused-ring (bicyclic) bond motifs is 1. The van der Waals surface area contributed by atoms with Crippen molar-refractivity contribution in [3.63, 3.8) is 0 Å². The van der Waals surface area contributed by atoms with Gasteiger partial charge >= 0.3 is 0 Å². The van der Waals surface area contributed by atoms with Crippen molar-refractivity contribution in [2.75, 3.05) is 6.54 Å². The average Bonchev–Trinajstić information content (AvgIpc) is 3.26. The molecular weight excluding hydrogens is 328 g/mol. The third kappa shape index (κ3) is 3.61. The zero-order valence-electron chi connectivity index (χ0n) is 15.8. The highest BCUT2D eigenvalue weighted by atomic mass is 16.4. The van der Waals surface area contributed by atoms with Gasteiger partial charge in [0, 0.05) is 18.0 Å². The summed E-state index contributed by atoms with van der Waals surface area (Å²) < 4.78 is 7.55. The van der Waals surface area contributed by atoms with Gasteiger partial charge < -0.3 is 4.42 Å². The number of nitrogens with zero attached hydrogens (tertiary/aromatic N) is 4. The van der Waals surface area contributed by atoms with Crippen LogP contribution in [-0.2, 0) is 25.9 Å². The van der Waals surface area contributed by atoms with E-state index in [1.54, 1.807) is 4.68 Å². The highest BCUT2D eigenvalue weighted by Crippen LogP contribution is 2.23. The molecule has 0 saturated carbocycles. The zero-order chi connectivity index (χ0) is 18.1. The Kier molecular flexibility index (Phi) is 4.94. The molecule has 1 saturated heterocycles. The highest BCUT2D eigenvalue weighted by molar-refractivity contribution is 5.20. The predicted molar refractivity (Wildman–Crippen MR) is 99.2 cm³/mol. The van der Waals surface area contributed by atoms with E-state index < -0.39 is 0 Å². The fourth-order valence-electron chi connectivity index (χ4n) is 4.08. The molecule has 0 bridgehead atoms. The molecule has 1 unspecified atom stereocenters. The van der Waals surface area contributed by atoms with Crippen molar-refractivity contribution in [2.24, 2.45) is 0 Å². The Hall–Kier alpha value is -1.95. The van der Waals surface area contributed by atoms with Crippen molar-refractivity contribution < 1.29 is 4.42 Å². The molecule has 1 aliphatic heterocycles. The molecule has 1 aliphatic carbocycles. The van der Waals surface area contributed by atoms with Crippen LogP contribution in [0, 0.1) is 0 Å². The topological polar surface area (TPSA) is 64.2 Å². The van der Waals surface area contributed by atoms with Gasteiger partial charge in [-0.25, -0.2) is 9.67 Å². The number of oxazole rings is 1. The van der Waals surface area contributed by atoms with E-state index >= 15 is 0 Å². The summed E-state index contributed by atoms with van der Waals surface area (Å²) in [5, 5.41) is 4.68. The van der Waals surface area contributed by atoms with E-state index in [0.29, 0.717) is 25.0 Å². The number of aryl methyl sites for hydroxylation is 2. The molecule has 6 heteroatoms. The lowest BCUT2D eigenvalue weighted by molar-refractivity contribution is 0.195. The van der Waals surface area contributed by atoms with Crippen LogP contribution in [0.5, 0.6) is 0 Å². The van der Waals surface area contributed by atoms with Gasteiger partial charge in [-0.05, 0) is 50.6 Å². The Labute approximate surface area is 154 Å². The second-order valence-corrected chi connectivity index (χ2v) is 7.92. The molecule has 140 valence electrons. The van der Waals surface area contributed by atoms with Crippen LogP contribution in [0.4, 0.5) is 0 Å². The van der Waals surface area contributed by atoms with Gasteiger partial charge in [-0.1, -0.05) is 13.8 Å². The van der Waals surface area contributed by atoms with E-state index in [9.17, 15) is 4.79 Å². The van der Waals surface area contributed by atoms with Crippen LogP contribution in [0.25, 0.3) is 0 Å². The number of likely N-dealkylation sites (tertiary alicyclic amines) is 1. The number of hydrogen-bond donors (Lipinski definition) is 0. The minimum absolute atomic E-state index is 0.0377. The average molecular weight is 356 g/mol. The van der Waals surface area contributed by atoms with Crippen molar-refractivity contribution >= 4 is 0 Å². The molecule has 26 heavy (non-hydrogen) atoms. The molecule has 3 heterocycles. The summed E-state index contributed by atoms with van der Waals surface area (Å²) in [6.45, 7) is 6.60. The lowest BCUT2D eigenvalue weighted by Crippen LogP contribution is -2.37. The van der Waals surface area contributed by atoms with Crippen molar-refractivity contribution in [3.05, 3.63) is 45.5 Å². The maximum absolute atomic E-state index is 12.5. The molecule has 0 radical (unpaired) electrons. The first-order chi connectivity index (χ1) is 12.6. The Morgan fingerprint density at radius 1 is 1.27 bits per heavy atom. The molecule has 0 spiro atoms. The van der Waals surface area contributed by atoms with Crippen LogP contribution < -0.4 is 5.56 Å². The second kappa shape index (κ2) is 7.35. The molecule has 1 atom stereocenters. The van der Waals surface area contributed by atoms with E-state index in [-0.39, 0.29) is 5.56 Å². The third-order valence-corrected chi connectivity index (χ3v) is 5.64. The predicted octanol–water partition coefficient (Wildman–Crippen LogP) is 2.90. The van der Waals surface area contributed by atoms with Crippen LogP contribution in [0.2, 0.25) is 0 Å². The van der Waals surface area contributed by atoms with Crippen LogP contribution in [0.1, 0.15) is 68.4 Å². The summed E-state index contributed by atoms with van der Waals surface area (Å²) in [7, 11) is 0. The van der Waals surface area contributed by atoms with E-state index in [1.807, 2.05) is 12.3 Å². The van der Waals surface area contributed by atoms with Gasteiger partial charge in [-0.2, -0.15) is 5.10 Å². The third-order valence-electron chi connectivity index (χ3n) is 5.64. The SMILES string of the molecule is CC(C)c1cnc(CN2CCCC2Cn2nc3c(cc2=O)CCCC3)o1. The Morgan fingerprint density at radius 3 is 2.92 bits per heavy atom. The Morgan fingerprint density at radius 2 is 2.12 bits per heavy atom. The van der Waals surface area contributed by atoms with Gasteiger partial charge in [0.1, 0.15) is 5.76 Å². The fourth-order valence-corrected chi connectivity index (χ4v) is 4.08. The number of hydrogen-bond acceptors (Lipinski definition) is 5. The standard InChI is InChI=1S/C20H28N4O2/c1-14(2)18-11-21-19(26-18)13-23-9-5-7-16(23)12-24-20(25)10-15-6-3-4-8-17(15)22-24/h10-11,14,16H,3-9,12-13H2,1-2H3. The molecule has 1 fully saturated rings. The summed E-state index contributed by atoms with van der Waals surface area (Å²) >= 11 is 0. The van der Waals surface area contributed by atoms with Crippen LogP contribution in [-0.4, -0.2) is 32.3 Å². The van der Waals surface area contributed by atoms with Gasteiger partial charge in [0.25, 0.3) is 5.56 Å². The minimum Gasteiger partial charge on any atom is -0.444 e. The molecule has 0 amide bonds. The van der Waals surface area contributed by atoms with Crippen LogP contribution in [0.3, 0.4) is 0 Å². The van der Waals surface area contributed by atoms with Gasteiger partial charge in [-0.15, -0.1) is 0 Å². The summed E-state index contributed by atoms with van der Waals surface area (Å²) in [6, 6.07) is 2.13. The number of aromatic nitrogens is 3. The molecule has 0 N–H and O–H groups in total. The van der Waals surface area contributed by atoms with Crippen LogP contribution >= 0.6 is 0 Å². The highest BCUT2D eigenvalue weighted by Gasteiger charge is 2.27. The van der Waals surface area contributed by atoms with Crippen molar-refractivity contribution in [1.82, 2.24) is 19.7 Å². The second-order valence-electron chi connectivity index (χ2n) is 7.92. The summed E-state index contributed by atoms with van der Waals surface area (Å²) in [6.07, 6.45) is 8.40. The smallest absolute Gasteiger partial charge is 0.267 e. The summed E-state index contributed by atoms with van der Waals surface area (Å²) in [5.74, 6) is 2.05. The Balaban J connectivity index is 1.47. The van der Waals surface area contributed by atoms with E-state index in [4.69, 9.17) is 4.42 Å². The zero-order valence-corrected chi connectivity index (χ0v) is 15.8. The largest absolute Gasteiger partial charge is 0.444 e. The van der Waals surface area contributed by atoms with Crippen molar-refractivity contribution in [3.8, 4) is 0 Å². The van der Waals surface area contributed by atoms with E-state index in [2.05, 4.69) is 28.8 Å². The summed E-state index contributed by atoms with van der Waals surface area (Å²) in [5.41, 5.74) is 2.31. The van der Waals surface area contributed by atoms with Gasteiger partial charge in [0.2, 0.25) is 5.89 Å². The van der Waals surface area contributed by atoms with Crippen molar-refractivity contribution in [2.45, 2.75) is 77.4 Å². The Bertz CT molecular complexity index is 823. The quantitative estimate of drug-likeness (QED) is 0.824. The molecule has 2 aromatic heterocycles. The molecule has 0 aromatic carbocycles. The van der Waals surface area contributed by atoms with Gasteiger partial charge in [0.15, 0.2) is 0 Å². The lowest BCUT2D eigenvalue weighted by atomic mass is 9.97. The van der Waals surface area contributed by atoms with Crippen molar-refractivity contribution in [1.29, 1.82) is 0 Å². The molecule has 6 nitrogen and oxygen atoms in total. The first-order valence-electron chi connectivity index (χ1n) is 9.88. The maximum Gasteiger partial charge on any atom is 0.267 e.